The third-order valence-corrected chi connectivity index (χ3v) is 1.97. The van der Waals surface area contributed by atoms with Gasteiger partial charge in [-0.1, -0.05) is 0 Å². The molecule has 1 aromatic heterocycles. The van der Waals surface area contributed by atoms with Gasteiger partial charge in [0.05, 0.1) is 19.8 Å². The lowest BCUT2D eigenvalue weighted by atomic mass is 10.4. The smallest absolute Gasteiger partial charge is 0.199 e. The summed E-state index contributed by atoms with van der Waals surface area (Å²) in [6, 6.07) is 0. The summed E-state index contributed by atoms with van der Waals surface area (Å²) < 4.78 is 14.1. The highest BCUT2D eigenvalue weighted by molar-refractivity contribution is 7.09. The van der Waals surface area contributed by atoms with Gasteiger partial charge in [-0.15, -0.1) is 0 Å². The maximum Gasteiger partial charge on any atom is 0.199 e. The molecule has 0 aliphatic heterocycles. The van der Waals surface area contributed by atoms with Crippen LogP contribution in [0.4, 0.5) is 5.13 Å². The number of rotatable bonds is 6. The van der Waals surface area contributed by atoms with Gasteiger partial charge in [0.15, 0.2) is 5.13 Å². The van der Waals surface area contributed by atoms with Gasteiger partial charge in [-0.25, -0.2) is 4.98 Å². The molecule has 0 atom stereocenters. The summed E-state index contributed by atoms with van der Waals surface area (Å²) in [5, 5.41) is 0.506. The molecule has 13 heavy (non-hydrogen) atoms. The number of anilines is 1. The number of hydrogen-bond donors (Lipinski definition) is 1. The molecule has 5 nitrogen and oxygen atoms in total. The fourth-order valence-corrected chi connectivity index (χ4v) is 1.25. The molecule has 1 rings (SSSR count). The number of nitrogens with two attached hydrogens (primary N) is 1. The van der Waals surface area contributed by atoms with Gasteiger partial charge < -0.3 is 15.2 Å². The van der Waals surface area contributed by atoms with Crippen molar-refractivity contribution < 1.29 is 9.47 Å². The topological polar surface area (TPSA) is 70.3 Å². The number of hydrogen-bond acceptors (Lipinski definition) is 6. The van der Waals surface area contributed by atoms with Crippen LogP contribution in [0.2, 0.25) is 0 Å². The van der Waals surface area contributed by atoms with Gasteiger partial charge in [0, 0.05) is 25.1 Å². The summed E-state index contributed by atoms with van der Waals surface area (Å²) in [5.41, 5.74) is 5.41. The fourth-order valence-electron chi connectivity index (χ4n) is 0.777. The summed E-state index contributed by atoms with van der Waals surface area (Å²) in [7, 11) is 1.64. The minimum Gasteiger partial charge on any atom is -0.382 e. The molecule has 0 saturated carbocycles. The van der Waals surface area contributed by atoms with Crippen LogP contribution >= 0.6 is 11.5 Å². The Morgan fingerprint density at radius 1 is 1.38 bits per heavy atom. The van der Waals surface area contributed by atoms with E-state index in [0.717, 1.165) is 5.82 Å². The quantitative estimate of drug-likeness (QED) is 0.674. The van der Waals surface area contributed by atoms with Gasteiger partial charge in [-0.3, -0.25) is 0 Å². The molecule has 74 valence electrons. The lowest BCUT2D eigenvalue weighted by Crippen LogP contribution is -2.05. The average Bonchev–Trinajstić information content (AvgIpc) is 2.51. The highest BCUT2D eigenvalue weighted by atomic mass is 32.1. The summed E-state index contributed by atoms with van der Waals surface area (Å²) in [5.74, 6) is 0.750. The monoisotopic (exact) mass is 203 g/mol. The standard InChI is InChI=1S/C7H13N3O2S/c1-11-4-5-12-3-2-6-9-7(8)13-10-6/h2-5H2,1H3,(H2,8,9,10). The predicted octanol–water partition coefficient (Wildman–Crippen LogP) is 0.326. The minimum absolute atomic E-state index is 0.506. The van der Waals surface area contributed by atoms with E-state index in [9.17, 15) is 0 Å². The summed E-state index contributed by atoms with van der Waals surface area (Å²) in [6.45, 7) is 1.84. The van der Waals surface area contributed by atoms with Gasteiger partial charge in [0.2, 0.25) is 0 Å². The second-order valence-electron chi connectivity index (χ2n) is 2.40. The van der Waals surface area contributed by atoms with E-state index in [0.29, 0.717) is 31.4 Å². The maximum absolute atomic E-state index is 5.41. The number of ether oxygens (including phenoxy) is 2. The van der Waals surface area contributed by atoms with Crippen LogP contribution in [0.3, 0.4) is 0 Å². The molecule has 0 aliphatic carbocycles. The maximum atomic E-state index is 5.41. The largest absolute Gasteiger partial charge is 0.382 e. The zero-order chi connectivity index (χ0) is 9.52. The molecular formula is C7H13N3O2S. The van der Waals surface area contributed by atoms with Crippen molar-refractivity contribution in [1.29, 1.82) is 0 Å². The van der Waals surface area contributed by atoms with Crippen molar-refractivity contribution in [3.63, 3.8) is 0 Å². The zero-order valence-electron chi connectivity index (χ0n) is 7.52. The molecular weight excluding hydrogens is 190 g/mol. The van der Waals surface area contributed by atoms with Crippen LogP contribution in [0.15, 0.2) is 0 Å². The molecule has 1 aromatic rings. The summed E-state index contributed by atoms with van der Waals surface area (Å²) in [4.78, 5) is 4.00. The molecule has 0 spiro atoms. The Hall–Kier alpha value is -0.720. The Labute approximate surface area is 81.0 Å². The van der Waals surface area contributed by atoms with Crippen LogP contribution in [0.5, 0.6) is 0 Å². The third-order valence-electron chi connectivity index (χ3n) is 1.39. The highest BCUT2D eigenvalue weighted by Gasteiger charge is 1.99. The second kappa shape index (κ2) is 5.85. The highest BCUT2D eigenvalue weighted by Crippen LogP contribution is 2.05. The number of nitrogens with zero attached hydrogens (tertiary/aromatic N) is 2. The molecule has 0 bridgehead atoms. The molecule has 2 N–H and O–H groups in total. The fraction of sp³-hybridized carbons (Fsp3) is 0.714. The third kappa shape index (κ3) is 4.16. The Morgan fingerprint density at radius 3 is 2.85 bits per heavy atom. The minimum atomic E-state index is 0.506. The van der Waals surface area contributed by atoms with Crippen LogP contribution in [-0.2, 0) is 15.9 Å². The Kier molecular flexibility index (Phi) is 4.66. The van der Waals surface area contributed by atoms with Crippen LogP contribution < -0.4 is 5.73 Å². The van der Waals surface area contributed by atoms with E-state index in [1.807, 2.05) is 0 Å². The SMILES string of the molecule is COCCOCCc1nsc(N)n1. The summed E-state index contributed by atoms with van der Waals surface area (Å²) in [6.07, 6.45) is 0.706. The van der Waals surface area contributed by atoms with Crippen molar-refractivity contribution in [3.8, 4) is 0 Å². The average molecular weight is 203 g/mol. The van der Waals surface area contributed by atoms with Crippen molar-refractivity contribution in [2.75, 3.05) is 32.7 Å². The van der Waals surface area contributed by atoms with Crippen molar-refractivity contribution in [2.24, 2.45) is 0 Å². The molecule has 0 aromatic carbocycles. The molecule has 6 heteroatoms. The van der Waals surface area contributed by atoms with Crippen LogP contribution in [0.1, 0.15) is 5.82 Å². The normalized spacial score (nSPS) is 10.5. The summed E-state index contributed by atoms with van der Waals surface area (Å²) >= 11 is 1.21. The molecule has 0 fully saturated rings. The van der Waals surface area contributed by atoms with Crippen LogP contribution in [-0.4, -0.2) is 36.3 Å². The second-order valence-corrected chi connectivity index (χ2v) is 3.19. The number of aromatic nitrogens is 2. The van der Waals surface area contributed by atoms with E-state index in [-0.39, 0.29) is 0 Å². The zero-order valence-corrected chi connectivity index (χ0v) is 8.34. The number of nitrogen functional groups attached to an aromatic ring is 1. The first-order valence-corrected chi connectivity index (χ1v) is 4.75. The lowest BCUT2D eigenvalue weighted by Gasteiger charge is -2.00. The predicted molar refractivity (Wildman–Crippen MR) is 50.7 cm³/mol. The molecule has 0 amide bonds. The lowest BCUT2D eigenvalue weighted by molar-refractivity contribution is 0.0717. The van der Waals surface area contributed by atoms with Crippen molar-refractivity contribution in [1.82, 2.24) is 9.36 Å². The van der Waals surface area contributed by atoms with Crippen LogP contribution in [0.25, 0.3) is 0 Å². The van der Waals surface area contributed by atoms with Crippen molar-refractivity contribution in [3.05, 3.63) is 5.82 Å². The van der Waals surface area contributed by atoms with E-state index >= 15 is 0 Å². The first kappa shape index (κ1) is 10.4. The molecule has 0 aliphatic rings. The Balaban J connectivity index is 2.06. The van der Waals surface area contributed by atoms with E-state index in [1.54, 1.807) is 7.11 Å². The first-order chi connectivity index (χ1) is 6.33. The van der Waals surface area contributed by atoms with Gasteiger partial charge in [-0.2, -0.15) is 4.37 Å². The first-order valence-electron chi connectivity index (χ1n) is 3.97. The molecule has 0 radical (unpaired) electrons. The van der Waals surface area contributed by atoms with Crippen LogP contribution in [0, 0.1) is 0 Å². The van der Waals surface area contributed by atoms with E-state index < -0.39 is 0 Å². The van der Waals surface area contributed by atoms with Crippen molar-refractivity contribution >= 4 is 16.7 Å². The number of methoxy groups -OCH3 is 1. The van der Waals surface area contributed by atoms with E-state index in [4.69, 9.17) is 15.2 Å². The Morgan fingerprint density at radius 2 is 2.23 bits per heavy atom. The molecule has 0 unspecified atom stereocenters. The molecule has 0 saturated heterocycles. The molecule has 1 heterocycles. The van der Waals surface area contributed by atoms with Gasteiger partial charge in [-0.05, 0) is 0 Å². The van der Waals surface area contributed by atoms with E-state index in [2.05, 4.69) is 9.36 Å². The van der Waals surface area contributed by atoms with Gasteiger partial charge >= 0.3 is 0 Å². The van der Waals surface area contributed by atoms with Gasteiger partial charge in [0.25, 0.3) is 0 Å². The Bertz CT molecular complexity index is 241. The van der Waals surface area contributed by atoms with E-state index in [1.165, 1.54) is 11.5 Å². The van der Waals surface area contributed by atoms with Gasteiger partial charge in [0.1, 0.15) is 5.82 Å². The van der Waals surface area contributed by atoms with Crippen molar-refractivity contribution in [2.45, 2.75) is 6.42 Å².